The third-order valence-corrected chi connectivity index (χ3v) is 13.3. The Morgan fingerprint density at radius 2 is 0.851 bits per heavy atom. The zero-order valence-corrected chi connectivity index (χ0v) is 36.6. The number of rotatable bonds is 8. The molecule has 314 valence electrons. The van der Waals surface area contributed by atoms with E-state index in [-0.39, 0.29) is 0 Å². The number of fused-ring (bicyclic) bond motifs is 7. The summed E-state index contributed by atoms with van der Waals surface area (Å²) in [5.74, 6) is 0. The second kappa shape index (κ2) is 16.0. The molecular weight excluding hydrogens is 813 g/mol. The highest BCUT2D eigenvalue weighted by molar-refractivity contribution is 6.12. The largest absolute Gasteiger partial charge is 0.455 e. The number of para-hydroxylation sites is 5. The maximum Gasteiger partial charge on any atom is 0.143 e. The Morgan fingerprint density at radius 1 is 0.299 bits per heavy atom. The van der Waals surface area contributed by atoms with E-state index in [1.165, 1.54) is 43.7 Å². The lowest BCUT2D eigenvalue weighted by molar-refractivity contribution is 0.670. The first-order valence-corrected chi connectivity index (χ1v) is 22.9. The predicted octanol–water partition coefficient (Wildman–Crippen LogP) is 18.0. The summed E-state index contributed by atoms with van der Waals surface area (Å²) in [6.07, 6.45) is 0. The Balaban J connectivity index is 0.947. The fourth-order valence-electron chi connectivity index (χ4n) is 10.1. The Kier molecular flexibility index (Phi) is 9.17. The fraction of sp³-hybridized carbons (Fsp3) is 0. The van der Waals surface area contributed by atoms with Gasteiger partial charge in [0.1, 0.15) is 11.2 Å². The lowest BCUT2D eigenvalue weighted by Gasteiger charge is -2.26. The van der Waals surface area contributed by atoms with E-state index >= 15 is 0 Å². The standard InChI is InChI=1S/C64H42N2O/c1-4-15-43(16-5-1)44-29-33-54(34-30-44)65(52-17-6-2-7-18-52)55-35-31-45-37-46(27-28-47(45)41-55)49-38-50(40-51(39-49)56-23-14-24-59-58-22-11-13-26-63(58)67-64(56)59)48-32-36-62-60(42-48)57-21-10-12-25-61(57)66(62)53-19-8-3-9-20-53/h1-42H. The van der Waals surface area contributed by atoms with Crippen LogP contribution in [0.4, 0.5) is 17.1 Å². The van der Waals surface area contributed by atoms with Gasteiger partial charge in [-0.05, 0) is 147 Å². The molecule has 0 unspecified atom stereocenters. The lowest BCUT2D eigenvalue weighted by Crippen LogP contribution is -2.09. The van der Waals surface area contributed by atoms with Crippen LogP contribution in [-0.2, 0) is 0 Å². The molecule has 13 rings (SSSR count). The van der Waals surface area contributed by atoms with Crippen LogP contribution in [0.25, 0.3) is 105 Å². The molecule has 3 nitrogen and oxygen atoms in total. The summed E-state index contributed by atoms with van der Waals surface area (Å²) in [5, 5.41) is 7.05. The van der Waals surface area contributed by atoms with Crippen LogP contribution in [-0.4, -0.2) is 4.57 Å². The maximum atomic E-state index is 6.65. The molecule has 2 aromatic heterocycles. The molecule has 0 aliphatic heterocycles. The maximum absolute atomic E-state index is 6.65. The van der Waals surface area contributed by atoms with Crippen molar-refractivity contribution in [1.29, 1.82) is 0 Å². The first-order chi connectivity index (χ1) is 33.2. The van der Waals surface area contributed by atoms with Crippen molar-refractivity contribution in [3.63, 3.8) is 0 Å². The van der Waals surface area contributed by atoms with Crippen LogP contribution < -0.4 is 4.90 Å². The third-order valence-electron chi connectivity index (χ3n) is 13.3. The highest BCUT2D eigenvalue weighted by Gasteiger charge is 2.18. The summed E-state index contributed by atoms with van der Waals surface area (Å²) >= 11 is 0. The van der Waals surface area contributed by atoms with Gasteiger partial charge in [-0.3, -0.25) is 0 Å². The first kappa shape index (κ1) is 38.5. The molecular formula is C64H42N2O. The Morgan fingerprint density at radius 3 is 1.66 bits per heavy atom. The summed E-state index contributed by atoms with van der Waals surface area (Å²) in [6.45, 7) is 0. The number of anilines is 3. The number of hydrogen-bond acceptors (Lipinski definition) is 2. The van der Waals surface area contributed by atoms with E-state index in [9.17, 15) is 0 Å². The average Bonchev–Trinajstić information content (AvgIpc) is 3.95. The minimum atomic E-state index is 0.894. The van der Waals surface area contributed by atoms with Crippen molar-refractivity contribution in [1.82, 2.24) is 4.57 Å². The van der Waals surface area contributed by atoms with Gasteiger partial charge in [0.05, 0.1) is 11.0 Å². The van der Waals surface area contributed by atoms with Crippen molar-refractivity contribution in [2.75, 3.05) is 4.90 Å². The molecule has 0 N–H and O–H groups in total. The SMILES string of the molecule is c1ccc(-c2ccc(N(c3ccccc3)c3ccc4cc(-c5cc(-c6ccc7c(c6)c6ccccc6n7-c6ccccc6)cc(-c6cccc7c6oc6ccccc67)c5)ccc4c3)cc2)cc1. The first-order valence-electron chi connectivity index (χ1n) is 22.9. The smallest absolute Gasteiger partial charge is 0.143 e. The number of hydrogen-bond donors (Lipinski definition) is 0. The molecule has 0 saturated carbocycles. The van der Waals surface area contributed by atoms with Crippen LogP contribution in [0.5, 0.6) is 0 Å². The van der Waals surface area contributed by atoms with E-state index in [1.807, 2.05) is 6.07 Å². The highest BCUT2D eigenvalue weighted by atomic mass is 16.3. The minimum absolute atomic E-state index is 0.894. The van der Waals surface area contributed by atoms with Crippen LogP contribution >= 0.6 is 0 Å². The summed E-state index contributed by atoms with van der Waals surface area (Å²) in [6, 6.07) is 91.9. The molecule has 2 heterocycles. The highest BCUT2D eigenvalue weighted by Crippen LogP contribution is 2.42. The number of benzene rings is 11. The van der Waals surface area contributed by atoms with Crippen molar-refractivity contribution < 1.29 is 4.42 Å². The van der Waals surface area contributed by atoms with Crippen molar-refractivity contribution in [3.05, 3.63) is 255 Å². The second-order valence-electron chi connectivity index (χ2n) is 17.3. The van der Waals surface area contributed by atoms with Crippen LogP contribution in [0.1, 0.15) is 0 Å². The fourth-order valence-corrected chi connectivity index (χ4v) is 10.1. The zero-order valence-electron chi connectivity index (χ0n) is 36.6. The van der Waals surface area contributed by atoms with Crippen LogP contribution in [0.3, 0.4) is 0 Å². The van der Waals surface area contributed by atoms with Gasteiger partial charge in [-0.25, -0.2) is 0 Å². The normalized spacial score (nSPS) is 11.6. The van der Waals surface area contributed by atoms with E-state index in [4.69, 9.17) is 4.42 Å². The van der Waals surface area contributed by atoms with E-state index in [2.05, 4.69) is 258 Å². The number of nitrogens with zero attached hydrogens (tertiary/aromatic N) is 2. The average molecular weight is 855 g/mol. The van der Waals surface area contributed by atoms with Crippen molar-refractivity contribution >= 4 is 71.6 Å². The predicted molar refractivity (Wildman–Crippen MR) is 282 cm³/mol. The molecule has 0 radical (unpaired) electrons. The van der Waals surface area contributed by atoms with Gasteiger partial charge in [-0.15, -0.1) is 0 Å². The molecule has 3 heteroatoms. The van der Waals surface area contributed by atoms with Gasteiger partial charge in [0, 0.05) is 49.9 Å². The molecule has 0 saturated heterocycles. The number of furan rings is 1. The summed E-state index contributed by atoms with van der Waals surface area (Å²) in [7, 11) is 0. The molecule has 0 aliphatic carbocycles. The molecule has 13 aromatic rings. The topological polar surface area (TPSA) is 21.3 Å². The molecule has 0 fully saturated rings. The van der Waals surface area contributed by atoms with Gasteiger partial charge >= 0.3 is 0 Å². The quantitative estimate of drug-likeness (QED) is 0.152. The Bertz CT molecular complexity index is 3960. The van der Waals surface area contributed by atoms with E-state index in [1.54, 1.807) is 0 Å². The number of aromatic nitrogens is 1. The molecule has 0 spiro atoms. The molecule has 11 aromatic carbocycles. The monoisotopic (exact) mass is 854 g/mol. The van der Waals surface area contributed by atoms with Gasteiger partial charge < -0.3 is 13.9 Å². The van der Waals surface area contributed by atoms with Gasteiger partial charge in [-0.1, -0.05) is 158 Å². The minimum Gasteiger partial charge on any atom is -0.455 e. The van der Waals surface area contributed by atoms with E-state index in [0.29, 0.717) is 0 Å². The van der Waals surface area contributed by atoms with Gasteiger partial charge in [0.15, 0.2) is 0 Å². The van der Waals surface area contributed by atoms with Crippen LogP contribution in [0.2, 0.25) is 0 Å². The van der Waals surface area contributed by atoms with Crippen molar-refractivity contribution in [3.8, 4) is 50.2 Å². The van der Waals surface area contributed by atoms with Crippen LogP contribution in [0, 0.1) is 0 Å². The van der Waals surface area contributed by atoms with Crippen molar-refractivity contribution in [2.45, 2.75) is 0 Å². The zero-order chi connectivity index (χ0) is 44.3. The van der Waals surface area contributed by atoms with Gasteiger partial charge in [0.25, 0.3) is 0 Å². The molecule has 67 heavy (non-hydrogen) atoms. The molecule has 0 bridgehead atoms. The molecule has 0 amide bonds. The molecule has 0 aliphatic rings. The van der Waals surface area contributed by atoms with Gasteiger partial charge in [-0.2, -0.15) is 0 Å². The van der Waals surface area contributed by atoms with Crippen molar-refractivity contribution in [2.24, 2.45) is 0 Å². The van der Waals surface area contributed by atoms with E-state index in [0.717, 1.165) is 78.1 Å². The second-order valence-corrected chi connectivity index (χ2v) is 17.3. The summed E-state index contributed by atoms with van der Waals surface area (Å²) in [5.41, 5.74) is 17.8. The molecule has 0 atom stereocenters. The Labute approximate surface area is 388 Å². The third kappa shape index (κ3) is 6.76. The van der Waals surface area contributed by atoms with Crippen LogP contribution in [0.15, 0.2) is 259 Å². The summed E-state index contributed by atoms with van der Waals surface area (Å²) in [4.78, 5) is 2.34. The Hall–Kier alpha value is -8.92. The van der Waals surface area contributed by atoms with E-state index < -0.39 is 0 Å². The lowest BCUT2D eigenvalue weighted by atomic mass is 9.91. The summed E-state index contributed by atoms with van der Waals surface area (Å²) < 4.78 is 9.03. The van der Waals surface area contributed by atoms with Gasteiger partial charge in [0.2, 0.25) is 0 Å².